The van der Waals surface area contributed by atoms with Gasteiger partial charge in [0.05, 0.1) is 4.47 Å². The number of hydrogen-bond donors (Lipinski definition) is 0. The molecule has 0 unspecified atom stereocenters. The first kappa shape index (κ1) is 10.9. The van der Waals surface area contributed by atoms with E-state index in [-0.39, 0.29) is 5.78 Å². The van der Waals surface area contributed by atoms with Crippen LogP contribution in [-0.2, 0) is 0 Å². The molecule has 0 saturated heterocycles. The highest BCUT2D eigenvalue weighted by Crippen LogP contribution is 2.34. The number of carbonyl (C=O) groups excluding carboxylic acids is 1. The van der Waals surface area contributed by atoms with Gasteiger partial charge < -0.3 is 4.42 Å². The Morgan fingerprint density at radius 2 is 1.93 bits per heavy atom. The Bertz CT molecular complexity index is 555. The molecule has 0 aliphatic rings. The third kappa shape index (κ3) is 1.76. The van der Waals surface area contributed by atoms with Crippen molar-refractivity contribution in [1.82, 2.24) is 0 Å². The van der Waals surface area contributed by atoms with Gasteiger partial charge in [-0.1, -0.05) is 15.9 Å². The van der Waals surface area contributed by atoms with Crippen LogP contribution >= 0.6 is 31.9 Å². The second-order valence-corrected chi connectivity index (χ2v) is 5.08. The van der Waals surface area contributed by atoms with Crippen molar-refractivity contribution in [3.05, 3.63) is 32.4 Å². The van der Waals surface area contributed by atoms with E-state index >= 15 is 0 Å². The third-order valence-corrected chi connectivity index (χ3v) is 3.72. The molecule has 0 saturated carbocycles. The maximum atomic E-state index is 11.2. The summed E-state index contributed by atoms with van der Waals surface area (Å²) < 4.78 is 7.33. The summed E-state index contributed by atoms with van der Waals surface area (Å²) in [4.78, 5) is 11.2. The van der Waals surface area contributed by atoms with E-state index in [4.69, 9.17) is 4.42 Å². The number of furan rings is 1. The molecule has 78 valence electrons. The van der Waals surface area contributed by atoms with E-state index in [9.17, 15) is 4.79 Å². The number of hydrogen-bond acceptors (Lipinski definition) is 2. The summed E-state index contributed by atoms with van der Waals surface area (Å²) in [5.74, 6) is 0.334. The molecule has 1 heterocycles. The highest BCUT2D eigenvalue weighted by Gasteiger charge is 2.13. The zero-order chi connectivity index (χ0) is 11.2. The first-order chi connectivity index (χ1) is 7.00. The Morgan fingerprint density at radius 3 is 2.53 bits per heavy atom. The average Bonchev–Trinajstić information content (AvgIpc) is 2.59. The Balaban J connectivity index is 2.85. The van der Waals surface area contributed by atoms with Gasteiger partial charge in [-0.25, -0.2) is 0 Å². The number of rotatable bonds is 1. The Morgan fingerprint density at radius 1 is 1.27 bits per heavy atom. The van der Waals surface area contributed by atoms with Crippen LogP contribution in [0.1, 0.15) is 23.0 Å². The van der Waals surface area contributed by atoms with Crippen molar-refractivity contribution in [1.29, 1.82) is 0 Å². The predicted molar refractivity (Wildman–Crippen MR) is 66.4 cm³/mol. The van der Waals surface area contributed by atoms with Crippen LogP contribution in [0.15, 0.2) is 25.5 Å². The van der Waals surface area contributed by atoms with E-state index in [0.29, 0.717) is 5.76 Å². The standard InChI is InChI=1S/C11H8Br2O2/c1-5-7-3-10(6(2)14)15-11(7)9(13)4-8(5)12/h3-4H,1-2H3. The number of aryl methyl sites for hydroxylation is 1. The molecule has 0 N–H and O–H groups in total. The van der Waals surface area contributed by atoms with Crippen LogP contribution in [0.25, 0.3) is 11.0 Å². The lowest BCUT2D eigenvalue weighted by molar-refractivity contribution is 0.0989. The average molecular weight is 332 g/mol. The number of halogens is 2. The van der Waals surface area contributed by atoms with Gasteiger partial charge in [-0.05, 0) is 40.5 Å². The summed E-state index contributed by atoms with van der Waals surface area (Å²) in [6.07, 6.45) is 0. The van der Waals surface area contributed by atoms with Crippen LogP contribution < -0.4 is 0 Å². The largest absolute Gasteiger partial charge is 0.452 e. The quantitative estimate of drug-likeness (QED) is 0.722. The van der Waals surface area contributed by atoms with E-state index in [2.05, 4.69) is 31.9 Å². The Kier molecular flexibility index (Phi) is 2.73. The van der Waals surface area contributed by atoms with Crippen molar-refractivity contribution in [3.8, 4) is 0 Å². The minimum atomic E-state index is -0.0615. The molecule has 2 aromatic rings. The summed E-state index contributed by atoms with van der Waals surface area (Å²) >= 11 is 6.87. The van der Waals surface area contributed by atoms with Crippen molar-refractivity contribution in [3.63, 3.8) is 0 Å². The number of benzene rings is 1. The van der Waals surface area contributed by atoms with Crippen LogP contribution in [0, 0.1) is 6.92 Å². The van der Waals surface area contributed by atoms with Crippen LogP contribution in [0.3, 0.4) is 0 Å². The van der Waals surface area contributed by atoms with Gasteiger partial charge in [0.2, 0.25) is 0 Å². The molecule has 1 aromatic heterocycles. The van der Waals surface area contributed by atoms with Crippen molar-refractivity contribution >= 4 is 48.6 Å². The number of carbonyl (C=O) groups is 1. The van der Waals surface area contributed by atoms with Gasteiger partial charge in [-0.2, -0.15) is 0 Å². The molecule has 4 heteroatoms. The highest BCUT2D eigenvalue weighted by molar-refractivity contribution is 9.11. The van der Waals surface area contributed by atoms with Gasteiger partial charge >= 0.3 is 0 Å². The lowest BCUT2D eigenvalue weighted by atomic mass is 10.1. The van der Waals surface area contributed by atoms with E-state index in [1.807, 2.05) is 13.0 Å². The first-order valence-electron chi connectivity index (χ1n) is 4.40. The summed E-state index contributed by atoms with van der Waals surface area (Å²) in [6.45, 7) is 3.48. The maximum Gasteiger partial charge on any atom is 0.194 e. The number of Topliss-reactive ketones (excluding diaryl/α,β-unsaturated/α-hetero) is 1. The van der Waals surface area contributed by atoms with E-state index in [1.165, 1.54) is 6.92 Å². The Labute approximate surface area is 104 Å². The monoisotopic (exact) mass is 330 g/mol. The van der Waals surface area contributed by atoms with Crippen molar-refractivity contribution in [2.45, 2.75) is 13.8 Å². The fourth-order valence-corrected chi connectivity index (χ4v) is 2.71. The lowest BCUT2D eigenvalue weighted by Gasteiger charge is -2.00. The molecule has 1 aromatic carbocycles. The molecule has 0 spiro atoms. The molecule has 2 nitrogen and oxygen atoms in total. The smallest absolute Gasteiger partial charge is 0.194 e. The fourth-order valence-electron chi connectivity index (χ4n) is 1.43. The molecule has 0 amide bonds. The van der Waals surface area contributed by atoms with E-state index in [1.54, 1.807) is 6.07 Å². The number of fused-ring (bicyclic) bond motifs is 1. The van der Waals surface area contributed by atoms with Crippen LogP contribution in [0.4, 0.5) is 0 Å². The molecule has 0 aliphatic carbocycles. The van der Waals surface area contributed by atoms with Crippen molar-refractivity contribution in [2.75, 3.05) is 0 Å². The maximum absolute atomic E-state index is 11.2. The van der Waals surface area contributed by atoms with Crippen LogP contribution in [0.5, 0.6) is 0 Å². The summed E-state index contributed by atoms with van der Waals surface area (Å²) in [6, 6.07) is 3.70. The Hall–Kier alpha value is -0.610. The van der Waals surface area contributed by atoms with Gasteiger partial charge in [-0.15, -0.1) is 0 Å². The summed E-state index contributed by atoms with van der Waals surface area (Å²) in [5.41, 5.74) is 1.80. The van der Waals surface area contributed by atoms with Gasteiger partial charge in [0.1, 0.15) is 5.58 Å². The van der Waals surface area contributed by atoms with Crippen molar-refractivity contribution < 1.29 is 9.21 Å². The van der Waals surface area contributed by atoms with E-state index in [0.717, 1.165) is 25.5 Å². The molecule has 15 heavy (non-hydrogen) atoms. The SMILES string of the molecule is CC(=O)c1cc2c(C)c(Br)cc(Br)c2o1. The van der Waals surface area contributed by atoms with Gasteiger partial charge in [0.15, 0.2) is 11.5 Å². The summed E-state index contributed by atoms with van der Waals surface area (Å²) in [5, 5.41) is 0.960. The van der Waals surface area contributed by atoms with Gasteiger partial charge in [-0.3, -0.25) is 4.79 Å². The molecule has 0 bridgehead atoms. The molecule has 0 radical (unpaired) electrons. The van der Waals surface area contributed by atoms with Crippen molar-refractivity contribution in [2.24, 2.45) is 0 Å². The van der Waals surface area contributed by atoms with Crippen LogP contribution in [-0.4, -0.2) is 5.78 Å². The zero-order valence-corrected chi connectivity index (χ0v) is 11.4. The predicted octanol–water partition coefficient (Wildman–Crippen LogP) is 4.47. The van der Waals surface area contributed by atoms with E-state index < -0.39 is 0 Å². The second-order valence-electron chi connectivity index (χ2n) is 3.37. The summed E-state index contributed by atoms with van der Waals surface area (Å²) in [7, 11) is 0. The van der Waals surface area contributed by atoms with Gasteiger partial charge in [0, 0.05) is 16.8 Å². The second kappa shape index (κ2) is 3.76. The molecular weight excluding hydrogens is 324 g/mol. The molecule has 2 rings (SSSR count). The number of ketones is 1. The minimum absolute atomic E-state index is 0.0615. The molecular formula is C11H8Br2O2. The molecule has 0 fully saturated rings. The fraction of sp³-hybridized carbons (Fsp3) is 0.182. The topological polar surface area (TPSA) is 30.2 Å². The first-order valence-corrected chi connectivity index (χ1v) is 5.98. The highest BCUT2D eigenvalue weighted by atomic mass is 79.9. The normalized spacial score (nSPS) is 10.9. The third-order valence-electron chi connectivity index (χ3n) is 2.31. The lowest BCUT2D eigenvalue weighted by Crippen LogP contribution is -1.85. The zero-order valence-electron chi connectivity index (χ0n) is 8.23. The van der Waals surface area contributed by atoms with Gasteiger partial charge in [0.25, 0.3) is 0 Å². The van der Waals surface area contributed by atoms with Crippen LogP contribution in [0.2, 0.25) is 0 Å². The minimum Gasteiger partial charge on any atom is -0.452 e. The molecule has 0 atom stereocenters. The molecule has 0 aliphatic heterocycles.